The molecule has 0 saturated heterocycles. The highest BCUT2D eigenvalue weighted by Crippen LogP contribution is 2.27. The fourth-order valence-corrected chi connectivity index (χ4v) is 2.04. The van der Waals surface area contributed by atoms with Crippen LogP contribution in [-0.4, -0.2) is 38.9 Å². The third kappa shape index (κ3) is 6.35. The highest BCUT2D eigenvalue weighted by Gasteiger charge is 2.07. The van der Waals surface area contributed by atoms with Gasteiger partial charge in [-0.1, -0.05) is 0 Å². The summed E-state index contributed by atoms with van der Waals surface area (Å²) in [6, 6.07) is 11.7. The van der Waals surface area contributed by atoms with Crippen LogP contribution in [0.1, 0.15) is 12.5 Å². The van der Waals surface area contributed by atoms with Crippen LogP contribution in [0.5, 0.6) is 23.0 Å². The smallest absolute Gasteiger partial charge is 0.308 e. The lowest BCUT2D eigenvalue weighted by atomic mass is 10.2. The number of benzene rings is 2. The number of rotatable bonds is 8. The summed E-state index contributed by atoms with van der Waals surface area (Å²) < 4.78 is 20.6. The Bertz CT molecular complexity index is 817. The molecule has 0 radical (unpaired) electrons. The Hall–Kier alpha value is -3.55. The van der Waals surface area contributed by atoms with Gasteiger partial charge in [-0.15, -0.1) is 0 Å². The second-order valence-electron chi connectivity index (χ2n) is 5.26. The van der Waals surface area contributed by atoms with Crippen molar-refractivity contribution in [1.29, 1.82) is 0 Å². The van der Waals surface area contributed by atoms with Crippen LogP contribution in [0.2, 0.25) is 0 Å². The molecule has 0 heterocycles. The quantitative estimate of drug-likeness (QED) is 0.330. The molecule has 1 amide bonds. The lowest BCUT2D eigenvalue weighted by Gasteiger charge is -2.08. The monoisotopic (exact) mass is 372 g/mol. The largest absolute Gasteiger partial charge is 0.497 e. The van der Waals surface area contributed by atoms with Gasteiger partial charge in [0.2, 0.25) is 0 Å². The fourth-order valence-electron chi connectivity index (χ4n) is 2.04. The summed E-state index contributed by atoms with van der Waals surface area (Å²) in [5.41, 5.74) is 3.01. The number of carbonyl (C=O) groups is 2. The molecule has 0 aliphatic carbocycles. The van der Waals surface area contributed by atoms with Crippen molar-refractivity contribution in [2.24, 2.45) is 5.10 Å². The lowest BCUT2D eigenvalue weighted by Crippen LogP contribution is -2.24. The number of hydrazone groups is 1. The average Bonchev–Trinajstić information content (AvgIpc) is 2.67. The standard InChI is InChI=1S/C19H20N2O6/c1-13(22)27-17-9-4-14(10-18(17)25-3)11-20-21-19(23)12-26-16-7-5-15(24-2)6-8-16/h4-11H,12H2,1-3H3,(H,21,23)/b20-11-. The molecule has 0 unspecified atom stereocenters. The number of carbonyl (C=O) groups excluding carboxylic acids is 2. The normalized spacial score (nSPS) is 10.3. The Morgan fingerprint density at radius 3 is 2.33 bits per heavy atom. The van der Waals surface area contributed by atoms with Gasteiger partial charge in [0.05, 0.1) is 20.4 Å². The topological polar surface area (TPSA) is 95.5 Å². The summed E-state index contributed by atoms with van der Waals surface area (Å²) in [5, 5.41) is 3.86. The summed E-state index contributed by atoms with van der Waals surface area (Å²) in [5.74, 6) is 1.07. The minimum absolute atomic E-state index is 0.182. The number of methoxy groups -OCH3 is 2. The highest BCUT2D eigenvalue weighted by molar-refractivity contribution is 5.84. The van der Waals surface area contributed by atoms with Crippen molar-refractivity contribution in [2.45, 2.75) is 6.92 Å². The number of hydrogen-bond donors (Lipinski definition) is 1. The van der Waals surface area contributed by atoms with Gasteiger partial charge in [0, 0.05) is 6.92 Å². The second-order valence-corrected chi connectivity index (χ2v) is 5.26. The van der Waals surface area contributed by atoms with E-state index in [4.69, 9.17) is 18.9 Å². The Labute approximate surface area is 156 Å². The molecule has 0 aliphatic rings. The van der Waals surface area contributed by atoms with E-state index in [2.05, 4.69) is 10.5 Å². The molecule has 1 N–H and O–H groups in total. The molecule has 27 heavy (non-hydrogen) atoms. The van der Waals surface area contributed by atoms with Crippen LogP contribution in [0.25, 0.3) is 0 Å². The Morgan fingerprint density at radius 1 is 1.00 bits per heavy atom. The van der Waals surface area contributed by atoms with Gasteiger partial charge in [0.15, 0.2) is 18.1 Å². The van der Waals surface area contributed by atoms with E-state index < -0.39 is 11.9 Å². The van der Waals surface area contributed by atoms with Crippen LogP contribution < -0.4 is 24.4 Å². The molecule has 0 fully saturated rings. The summed E-state index contributed by atoms with van der Waals surface area (Å²) in [6.45, 7) is 1.12. The van der Waals surface area contributed by atoms with Gasteiger partial charge in [0.25, 0.3) is 5.91 Å². The van der Waals surface area contributed by atoms with E-state index in [0.29, 0.717) is 28.6 Å². The number of nitrogens with zero attached hydrogens (tertiary/aromatic N) is 1. The maximum Gasteiger partial charge on any atom is 0.308 e. The van der Waals surface area contributed by atoms with Crippen LogP contribution in [0.3, 0.4) is 0 Å². The van der Waals surface area contributed by atoms with E-state index in [-0.39, 0.29) is 6.61 Å². The van der Waals surface area contributed by atoms with Gasteiger partial charge in [0.1, 0.15) is 11.5 Å². The van der Waals surface area contributed by atoms with E-state index in [9.17, 15) is 9.59 Å². The van der Waals surface area contributed by atoms with Crippen molar-refractivity contribution in [3.8, 4) is 23.0 Å². The predicted molar refractivity (Wildman–Crippen MR) is 98.5 cm³/mol. The molecule has 2 aromatic carbocycles. The van der Waals surface area contributed by atoms with Gasteiger partial charge in [-0.3, -0.25) is 9.59 Å². The first kappa shape index (κ1) is 19.8. The maximum atomic E-state index is 11.8. The number of hydrogen-bond acceptors (Lipinski definition) is 7. The van der Waals surface area contributed by atoms with E-state index >= 15 is 0 Å². The van der Waals surface area contributed by atoms with Crippen LogP contribution in [0, 0.1) is 0 Å². The number of ether oxygens (including phenoxy) is 4. The van der Waals surface area contributed by atoms with Crippen LogP contribution in [0.15, 0.2) is 47.6 Å². The molecule has 0 spiro atoms. The zero-order valence-electron chi connectivity index (χ0n) is 15.2. The summed E-state index contributed by atoms with van der Waals surface area (Å²) in [6.07, 6.45) is 1.44. The van der Waals surface area contributed by atoms with Crippen molar-refractivity contribution >= 4 is 18.1 Å². The molecule has 8 nitrogen and oxygen atoms in total. The van der Waals surface area contributed by atoms with Crippen molar-refractivity contribution in [3.63, 3.8) is 0 Å². The molecule has 2 rings (SSSR count). The molecule has 0 atom stereocenters. The third-order valence-electron chi connectivity index (χ3n) is 3.27. The van der Waals surface area contributed by atoms with E-state index in [1.807, 2.05) is 0 Å². The molecule has 142 valence electrons. The minimum Gasteiger partial charge on any atom is -0.497 e. The maximum absolute atomic E-state index is 11.8. The number of nitrogens with one attached hydrogen (secondary N) is 1. The molecule has 8 heteroatoms. The Kier molecular flexibility index (Phi) is 7.18. The number of amides is 1. The van der Waals surface area contributed by atoms with Gasteiger partial charge in [-0.05, 0) is 48.0 Å². The van der Waals surface area contributed by atoms with E-state index in [0.717, 1.165) is 0 Å². The summed E-state index contributed by atoms with van der Waals surface area (Å²) >= 11 is 0. The van der Waals surface area contributed by atoms with Gasteiger partial charge >= 0.3 is 5.97 Å². The minimum atomic E-state index is -0.446. The summed E-state index contributed by atoms with van der Waals surface area (Å²) in [4.78, 5) is 22.8. The van der Waals surface area contributed by atoms with Crippen molar-refractivity contribution in [3.05, 3.63) is 48.0 Å². The Balaban J connectivity index is 1.86. The van der Waals surface area contributed by atoms with Crippen LogP contribution in [0.4, 0.5) is 0 Å². The van der Waals surface area contributed by atoms with Crippen molar-refractivity contribution in [2.75, 3.05) is 20.8 Å². The van der Waals surface area contributed by atoms with Crippen LogP contribution >= 0.6 is 0 Å². The molecular formula is C19H20N2O6. The highest BCUT2D eigenvalue weighted by atomic mass is 16.6. The van der Waals surface area contributed by atoms with E-state index in [1.165, 1.54) is 20.2 Å². The van der Waals surface area contributed by atoms with Gasteiger partial charge in [-0.25, -0.2) is 5.43 Å². The van der Waals surface area contributed by atoms with Crippen LogP contribution in [-0.2, 0) is 9.59 Å². The van der Waals surface area contributed by atoms with Gasteiger partial charge in [-0.2, -0.15) is 5.10 Å². The summed E-state index contributed by atoms with van der Waals surface area (Å²) in [7, 11) is 3.03. The van der Waals surface area contributed by atoms with Crippen molar-refractivity contribution in [1.82, 2.24) is 5.43 Å². The number of esters is 1. The average molecular weight is 372 g/mol. The second kappa shape index (κ2) is 9.81. The third-order valence-corrected chi connectivity index (χ3v) is 3.27. The molecule has 0 aromatic heterocycles. The molecule has 2 aromatic rings. The zero-order valence-corrected chi connectivity index (χ0v) is 15.2. The zero-order chi connectivity index (χ0) is 19.6. The lowest BCUT2D eigenvalue weighted by molar-refractivity contribution is -0.132. The first-order valence-electron chi connectivity index (χ1n) is 7.97. The van der Waals surface area contributed by atoms with Gasteiger partial charge < -0.3 is 18.9 Å². The predicted octanol–water partition coefficient (Wildman–Crippen LogP) is 2.16. The first-order valence-corrected chi connectivity index (χ1v) is 7.97. The Morgan fingerprint density at radius 2 is 1.70 bits per heavy atom. The molecule has 0 bridgehead atoms. The van der Waals surface area contributed by atoms with Crippen molar-refractivity contribution < 1.29 is 28.5 Å². The molecule has 0 aliphatic heterocycles. The molecule has 0 saturated carbocycles. The SMILES string of the molecule is COc1ccc(OCC(=O)N/N=C\c2ccc(OC(C)=O)c(OC)c2)cc1. The molecular weight excluding hydrogens is 352 g/mol. The fraction of sp³-hybridized carbons (Fsp3) is 0.211. The first-order chi connectivity index (χ1) is 13.0. The van der Waals surface area contributed by atoms with E-state index in [1.54, 1.807) is 49.6 Å².